The Morgan fingerprint density at radius 2 is 2.25 bits per heavy atom. The first-order chi connectivity index (χ1) is 9.47. The molecular weight excluding hydrogens is 307 g/mol. The fraction of sp³-hybridized carbons (Fsp3) is 0.273. The highest BCUT2D eigenvalue weighted by Crippen LogP contribution is 2.14. The smallest absolute Gasteiger partial charge is 0.287 e. The molecule has 0 unspecified atom stereocenters. The van der Waals surface area contributed by atoms with Crippen LogP contribution in [0.5, 0.6) is 0 Å². The lowest BCUT2D eigenvalue weighted by Crippen LogP contribution is -2.25. The molecule has 0 aliphatic heterocycles. The van der Waals surface area contributed by atoms with Gasteiger partial charge >= 0.3 is 0 Å². The summed E-state index contributed by atoms with van der Waals surface area (Å²) in [5.41, 5.74) is -0.538. The third-order valence-electron chi connectivity index (χ3n) is 2.39. The molecule has 0 atom stereocenters. The van der Waals surface area contributed by atoms with E-state index < -0.39 is 5.56 Å². The van der Waals surface area contributed by atoms with Crippen LogP contribution < -0.4 is 10.9 Å². The van der Waals surface area contributed by atoms with Crippen LogP contribution in [0.15, 0.2) is 21.6 Å². The second-order valence-corrected chi connectivity index (χ2v) is 4.74. The van der Waals surface area contributed by atoms with Gasteiger partial charge in [0.2, 0.25) is 5.91 Å². The molecule has 9 heteroatoms. The number of halogens is 2. The van der Waals surface area contributed by atoms with Crippen molar-refractivity contribution >= 4 is 34.9 Å². The van der Waals surface area contributed by atoms with E-state index in [1.807, 2.05) is 0 Å². The molecule has 106 valence electrons. The van der Waals surface area contributed by atoms with Gasteiger partial charge in [0, 0.05) is 12.5 Å². The number of carbonyl (C=O) groups excluding carboxylic acids is 1. The highest BCUT2D eigenvalue weighted by molar-refractivity contribution is 6.41. The van der Waals surface area contributed by atoms with E-state index in [0.717, 1.165) is 4.68 Å². The monoisotopic (exact) mass is 316 g/mol. The van der Waals surface area contributed by atoms with Crippen LogP contribution in [0.1, 0.15) is 12.2 Å². The van der Waals surface area contributed by atoms with Crippen molar-refractivity contribution in [3.05, 3.63) is 38.4 Å². The van der Waals surface area contributed by atoms with Gasteiger partial charge in [-0.1, -0.05) is 28.4 Å². The summed E-state index contributed by atoms with van der Waals surface area (Å²) in [4.78, 5) is 23.4. The number of hydrogen-bond donors (Lipinski definition) is 1. The summed E-state index contributed by atoms with van der Waals surface area (Å²) in [6, 6.07) is 1.58. The number of nitrogens with zero attached hydrogens (tertiary/aromatic N) is 3. The van der Waals surface area contributed by atoms with Gasteiger partial charge in [-0.15, -0.1) is 0 Å². The van der Waals surface area contributed by atoms with Crippen LogP contribution >= 0.6 is 23.2 Å². The number of aromatic nitrogens is 3. The van der Waals surface area contributed by atoms with Gasteiger partial charge in [-0.05, 0) is 6.92 Å². The fourth-order valence-corrected chi connectivity index (χ4v) is 1.71. The van der Waals surface area contributed by atoms with Crippen LogP contribution in [0.3, 0.4) is 0 Å². The minimum absolute atomic E-state index is 0.0385. The van der Waals surface area contributed by atoms with Crippen LogP contribution in [0.4, 0.5) is 5.82 Å². The summed E-state index contributed by atoms with van der Waals surface area (Å²) in [6.07, 6.45) is 1.29. The number of rotatable bonds is 4. The van der Waals surface area contributed by atoms with Crippen LogP contribution in [0.25, 0.3) is 0 Å². The number of carbonyl (C=O) groups is 1. The highest BCUT2D eigenvalue weighted by Gasteiger charge is 2.10. The molecule has 2 aromatic heterocycles. The molecule has 1 amide bonds. The lowest BCUT2D eigenvalue weighted by atomic mass is 10.4. The van der Waals surface area contributed by atoms with E-state index in [4.69, 9.17) is 27.7 Å². The molecule has 2 aromatic rings. The molecule has 0 fully saturated rings. The van der Waals surface area contributed by atoms with Crippen molar-refractivity contribution in [2.75, 3.05) is 5.32 Å². The molecule has 0 aliphatic rings. The molecule has 0 aromatic carbocycles. The Hall–Kier alpha value is -1.86. The molecule has 2 rings (SSSR count). The zero-order valence-corrected chi connectivity index (χ0v) is 11.9. The first-order valence-corrected chi connectivity index (χ1v) is 6.37. The predicted molar refractivity (Wildman–Crippen MR) is 73.0 cm³/mol. The normalized spacial score (nSPS) is 10.6. The van der Waals surface area contributed by atoms with Gasteiger partial charge in [0.1, 0.15) is 10.8 Å². The predicted octanol–water partition coefficient (Wildman–Crippen LogP) is 1.88. The topological polar surface area (TPSA) is 90.0 Å². The van der Waals surface area contributed by atoms with Crippen molar-refractivity contribution in [2.45, 2.75) is 19.9 Å². The second-order valence-electron chi connectivity index (χ2n) is 3.96. The van der Waals surface area contributed by atoms with Crippen molar-refractivity contribution < 1.29 is 9.32 Å². The van der Waals surface area contributed by atoms with E-state index in [2.05, 4.69) is 15.6 Å². The van der Waals surface area contributed by atoms with Gasteiger partial charge in [-0.25, -0.2) is 4.68 Å². The minimum Gasteiger partial charge on any atom is -0.360 e. The Morgan fingerprint density at radius 1 is 1.50 bits per heavy atom. The van der Waals surface area contributed by atoms with E-state index in [1.165, 1.54) is 6.20 Å². The molecular formula is C11H10Cl2N4O3. The van der Waals surface area contributed by atoms with Crippen molar-refractivity contribution in [1.82, 2.24) is 14.9 Å². The van der Waals surface area contributed by atoms with E-state index in [1.54, 1.807) is 13.0 Å². The Morgan fingerprint density at radius 3 is 2.90 bits per heavy atom. The Labute approximate surface area is 123 Å². The molecule has 7 nitrogen and oxygen atoms in total. The van der Waals surface area contributed by atoms with Crippen LogP contribution in [-0.2, 0) is 11.3 Å². The average Bonchev–Trinajstić information content (AvgIpc) is 2.80. The summed E-state index contributed by atoms with van der Waals surface area (Å²) in [5.74, 6) is 0.586. The van der Waals surface area contributed by atoms with E-state index >= 15 is 0 Å². The van der Waals surface area contributed by atoms with Crippen molar-refractivity contribution in [3.8, 4) is 0 Å². The number of anilines is 1. The molecule has 2 heterocycles. The lowest BCUT2D eigenvalue weighted by Gasteiger charge is -2.05. The maximum atomic E-state index is 11.7. The van der Waals surface area contributed by atoms with Crippen LogP contribution in [-0.4, -0.2) is 20.8 Å². The van der Waals surface area contributed by atoms with Crippen molar-refractivity contribution in [1.29, 1.82) is 0 Å². The second kappa shape index (κ2) is 6.06. The SMILES string of the molecule is Cc1cc(NC(=O)CCn2ncc(Cl)c(Cl)c2=O)no1. The third-order valence-corrected chi connectivity index (χ3v) is 3.14. The maximum Gasteiger partial charge on any atom is 0.287 e. The van der Waals surface area contributed by atoms with Gasteiger partial charge in [0.25, 0.3) is 5.56 Å². The zero-order chi connectivity index (χ0) is 14.7. The van der Waals surface area contributed by atoms with Crippen molar-refractivity contribution in [3.63, 3.8) is 0 Å². The van der Waals surface area contributed by atoms with Crippen LogP contribution in [0, 0.1) is 6.92 Å². The number of amides is 1. The molecule has 0 aliphatic carbocycles. The Kier molecular flexibility index (Phi) is 4.41. The molecule has 0 radical (unpaired) electrons. The summed E-state index contributed by atoms with van der Waals surface area (Å²) in [7, 11) is 0. The third kappa shape index (κ3) is 3.37. The quantitative estimate of drug-likeness (QED) is 0.930. The standard InChI is InChI=1S/C11H10Cl2N4O3/c1-6-4-8(16-20-6)15-9(18)2-3-17-11(19)10(13)7(12)5-14-17/h4-5H,2-3H2,1H3,(H,15,16,18). The lowest BCUT2D eigenvalue weighted by molar-refractivity contribution is -0.116. The number of hydrogen-bond acceptors (Lipinski definition) is 5. The number of nitrogens with one attached hydrogen (secondary N) is 1. The van der Waals surface area contributed by atoms with E-state index in [9.17, 15) is 9.59 Å². The van der Waals surface area contributed by atoms with Gasteiger partial charge in [-0.2, -0.15) is 5.10 Å². The van der Waals surface area contributed by atoms with Crippen LogP contribution in [0.2, 0.25) is 10.0 Å². The molecule has 0 saturated heterocycles. The Balaban J connectivity index is 1.97. The first kappa shape index (κ1) is 14.5. The van der Waals surface area contributed by atoms with Gasteiger partial charge in [-0.3, -0.25) is 9.59 Å². The largest absolute Gasteiger partial charge is 0.360 e. The van der Waals surface area contributed by atoms with Gasteiger partial charge in [0.15, 0.2) is 5.82 Å². The molecule has 0 saturated carbocycles. The minimum atomic E-state index is -0.538. The summed E-state index contributed by atoms with van der Waals surface area (Å²) >= 11 is 11.4. The summed E-state index contributed by atoms with van der Waals surface area (Å²) in [5, 5.41) is 9.91. The molecule has 20 heavy (non-hydrogen) atoms. The highest BCUT2D eigenvalue weighted by atomic mass is 35.5. The zero-order valence-electron chi connectivity index (χ0n) is 10.4. The fourth-order valence-electron chi connectivity index (χ4n) is 1.44. The Bertz CT molecular complexity index is 695. The summed E-state index contributed by atoms with van der Waals surface area (Å²) in [6.45, 7) is 1.79. The maximum absolute atomic E-state index is 11.7. The van der Waals surface area contributed by atoms with Gasteiger partial charge in [0.05, 0.1) is 17.8 Å². The van der Waals surface area contributed by atoms with Crippen molar-refractivity contribution in [2.24, 2.45) is 0 Å². The van der Waals surface area contributed by atoms with E-state index in [0.29, 0.717) is 11.6 Å². The van der Waals surface area contributed by atoms with Gasteiger partial charge < -0.3 is 9.84 Å². The average molecular weight is 317 g/mol. The number of aryl methyl sites for hydroxylation is 2. The first-order valence-electron chi connectivity index (χ1n) is 5.61. The molecule has 0 bridgehead atoms. The molecule has 0 spiro atoms. The summed E-state index contributed by atoms with van der Waals surface area (Å²) < 4.78 is 5.88. The molecule has 1 N–H and O–H groups in total. The van der Waals surface area contributed by atoms with E-state index in [-0.39, 0.29) is 28.9 Å².